The molecule has 0 amide bonds. The zero-order valence-electron chi connectivity index (χ0n) is 6.53. The maximum absolute atomic E-state index is 4.30. The van der Waals surface area contributed by atoms with Gasteiger partial charge in [0.25, 0.3) is 0 Å². The molecule has 0 atom stereocenters. The molecule has 0 bridgehead atoms. The first-order valence-electron chi connectivity index (χ1n) is 3.51. The first-order chi connectivity index (χ1) is 5.81. The second-order valence-electron chi connectivity index (χ2n) is 2.45. The molecule has 1 heterocycles. The second kappa shape index (κ2) is 3.03. The summed E-state index contributed by atoms with van der Waals surface area (Å²) in [6, 6.07) is 4.00. The van der Waals surface area contributed by atoms with Crippen LogP contribution in [0.25, 0.3) is 11.0 Å². The first kappa shape index (κ1) is 8.01. The van der Waals surface area contributed by atoms with Crippen LogP contribution in [0.5, 0.6) is 0 Å². The summed E-state index contributed by atoms with van der Waals surface area (Å²) in [6.07, 6.45) is 3.74. The van der Waals surface area contributed by atoms with Gasteiger partial charge in [0.2, 0.25) is 0 Å². The molecule has 0 saturated carbocycles. The lowest BCUT2D eigenvalue weighted by Gasteiger charge is -1.98. The van der Waals surface area contributed by atoms with E-state index in [0.717, 1.165) is 15.9 Å². The van der Waals surface area contributed by atoms with Gasteiger partial charge in [0, 0.05) is 9.79 Å². The normalized spacial score (nSPS) is 10.8. The van der Waals surface area contributed by atoms with E-state index in [1.807, 2.05) is 18.4 Å². The second-order valence-corrected chi connectivity index (χ2v) is 3.81. The van der Waals surface area contributed by atoms with Gasteiger partial charge in [-0.1, -0.05) is 0 Å². The van der Waals surface area contributed by atoms with Gasteiger partial charge in [-0.3, -0.25) is 0 Å². The molecule has 0 radical (unpaired) electrons. The van der Waals surface area contributed by atoms with Crippen LogP contribution in [0.4, 0.5) is 0 Å². The summed E-state index contributed by atoms with van der Waals surface area (Å²) >= 11 is 5.98. The minimum atomic E-state index is 0.969. The van der Waals surface area contributed by atoms with Gasteiger partial charge in [-0.15, -0.1) is 24.4 Å². The molecule has 0 fully saturated rings. The van der Waals surface area contributed by atoms with Gasteiger partial charge in [-0.05, 0) is 18.4 Å². The van der Waals surface area contributed by atoms with E-state index in [4.69, 9.17) is 0 Å². The van der Waals surface area contributed by atoms with Gasteiger partial charge in [-0.25, -0.2) is 4.98 Å². The molecule has 1 aromatic carbocycles. The molecule has 0 spiro atoms. The predicted molar refractivity (Wildman–Crippen MR) is 55.1 cm³/mol. The highest BCUT2D eigenvalue weighted by Crippen LogP contribution is 2.26. The number of thioether (sulfide) groups is 1. The number of fused-ring (bicyclic) bond motifs is 1. The number of rotatable bonds is 1. The zero-order valence-corrected chi connectivity index (χ0v) is 8.25. The van der Waals surface area contributed by atoms with Crippen LogP contribution in [0.2, 0.25) is 0 Å². The van der Waals surface area contributed by atoms with Crippen molar-refractivity contribution in [1.29, 1.82) is 0 Å². The minimum absolute atomic E-state index is 0.969. The Labute approximate surface area is 80.2 Å². The molecule has 0 aliphatic rings. The van der Waals surface area contributed by atoms with E-state index in [0.29, 0.717) is 0 Å². The SMILES string of the molecule is CSc1cc(S)cc2[nH]cnc12. The van der Waals surface area contributed by atoms with E-state index in [9.17, 15) is 0 Å². The lowest BCUT2D eigenvalue weighted by Crippen LogP contribution is -1.76. The summed E-state index contributed by atoms with van der Waals surface area (Å²) in [6.45, 7) is 0. The van der Waals surface area contributed by atoms with Crippen molar-refractivity contribution in [3.05, 3.63) is 18.5 Å². The summed E-state index contributed by atoms with van der Waals surface area (Å²) in [5.41, 5.74) is 2.08. The summed E-state index contributed by atoms with van der Waals surface area (Å²) < 4.78 is 0. The van der Waals surface area contributed by atoms with Crippen molar-refractivity contribution >= 4 is 35.4 Å². The molecule has 12 heavy (non-hydrogen) atoms. The molecular weight excluding hydrogens is 188 g/mol. The summed E-state index contributed by atoms with van der Waals surface area (Å²) in [5.74, 6) is 0. The third-order valence-corrected chi connectivity index (χ3v) is 2.70. The molecule has 0 aliphatic heterocycles. The fourth-order valence-electron chi connectivity index (χ4n) is 1.16. The van der Waals surface area contributed by atoms with Crippen LogP contribution in [0.15, 0.2) is 28.3 Å². The molecule has 2 rings (SSSR count). The number of aromatic nitrogens is 2. The molecule has 2 aromatic rings. The van der Waals surface area contributed by atoms with Gasteiger partial charge in [0.1, 0.15) is 5.52 Å². The third kappa shape index (κ3) is 1.21. The standard InChI is InChI=1S/C8H8N2S2/c1-12-7-3-5(11)2-6-8(7)10-4-9-6/h2-4,11H,1H3,(H,9,10). The Morgan fingerprint density at radius 2 is 2.33 bits per heavy atom. The topological polar surface area (TPSA) is 28.7 Å². The number of H-pyrrole nitrogens is 1. The highest BCUT2D eigenvalue weighted by molar-refractivity contribution is 7.98. The summed E-state index contributed by atoms with van der Waals surface area (Å²) in [4.78, 5) is 9.42. The van der Waals surface area contributed by atoms with Crippen LogP contribution < -0.4 is 0 Å². The molecule has 0 unspecified atom stereocenters. The number of nitrogens with zero attached hydrogens (tertiary/aromatic N) is 1. The van der Waals surface area contributed by atoms with Gasteiger partial charge >= 0.3 is 0 Å². The third-order valence-electron chi connectivity index (χ3n) is 1.69. The predicted octanol–water partition coefficient (Wildman–Crippen LogP) is 2.57. The Bertz CT molecular complexity index is 408. The number of benzene rings is 1. The summed E-state index contributed by atoms with van der Waals surface area (Å²) in [5, 5.41) is 0. The average Bonchev–Trinajstić information content (AvgIpc) is 2.50. The highest BCUT2D eigenvalue weighted by atomic mass is 32.2. The van der Waals surface area contributed by atoms with E-state index in [-0.39, 0.29) is 0 Å². The fraction of sp³-hybridized carbons (Fsp3) is 0.125. The van der Waals surface area contributed by atoms with Crippen molar-refractivity contribution in [2.24, 2.45) is 0 Å². The van der Waals surface area contributed by atoms with Gasteiger partial charge in [0.15, 0.2) is 0 Å². The van der Waals surface area contributed by atoms with Crippen molar-refractivity contribution in [2.75, 3.05) is 6.26 Å². The molecular formula is C8H8N2S2. The fourth-order valence-corrected chi connectivity index (χ4v) is 2.10. The Balaban J connectivity index is 2.80. The van der Waals surface area contributed by atoms with Gasteiger partial charge < -0.3 is 4.98 Å². The average molecular weight is 196 g/mol. The maximum atomic E-state index is 4.30. The van der Waals surface area contributed by atoms with E-state index >= 15 is 0 Å². The molecule has 0 aliphatic carbocycles. The van der Waals surface area contributed by atoms with Crippen LogP contribution in [0, 0.1) is 0 Å². The minimum Gasteiger partial charge on any atom is -0.345 e. The Morgan fingerprint density at radius 3 is 3.08 bits per heavy atom. The maximum Gasteiger partial charge on any atom is 0.102 e. The lowest BCUT2D eigenvalue weighted by atomic mass is 10.3. The quantitative estimate of drug-likeness (QED) is 0.542. The largest absolute Gasteiger partial charge is 0.345 e. The molecule has 2 nitrogen and oxygen atoms in total. The lowest BCUT2D eigenvalue weighted by molar-refractivity contribution is 1.33. The molecule has 1 N–H and O–H groups in total. The van der Waals surface area contributed by atoms with Crippen LogP contribution in [-0.4, -0.2) is 16.2 Å². The molecule has 1 aromatic heterocycles. The molecule has 62 valence electrons. The van der Waals surface area contributed by atoms with E-state index in [2.05, 4.69) is 22.6 Å². The van der Waals surface area contributed by atoms with Crippen molar-refractivity contribution in [1.82, 2.24) is 9.97 Å². The highest BCUT2D eigenvalue weighted by Gasteiger charge is 2.02. The Kier molecular flexibility index (Phi) is 2.02. The first-order valence-corrected chi connectivity index (χ1v) is 5.18. The van der Waals surface area contributed by atoms with Gasteiger partial charge in [0.05, 0.1) is 11.8 Å². The van der Waals surface area contributed by atoms with Crippen molar-refractivity contribution in [2.45, 2.75) is 9.79 Å². The Morgan fingerprint density at radius 1 is 1.50 bits per heavy atom. The molecule has 4 heteroatoms. The van der Waals surface area contributed by atoms with E-state index < -0.39 is 0 Å². The molecule has 0 saturated heterocycles. The van der Waals surface area contributed by atoms with Crippen molar-refractivity contribution < 1.29 is 0 Å². The zero-order chi connectivity index (χ0) is 8.55. The van der Waals surface area contributed by atoms with E-state index in [1.54, 1.807) is 18.1 Å². The smallest absolute Gasteiger partial charge is 0.102 e. The number of imidazole rings is 1. The summed E-state index contributed by atoms with van der Waals surface area (Å²) in [7, 11) is 0. The van der Waals surface area contributed by atoms with Crippen LogP contribution in [0.1, 0.15) is 0 Å². The van der Waals surface area contributed by atoms with Crippen LogP contribution >= 0.6 is 24.4 Å². The van der Waals surface area contributed by atoms with Gasteiger partial charge in [-0.2, -0.15) is 0 Å². The van der Waals surface area contributed by atoms with Crippen LogP contribution in [-0.2, 0) is 0 Å². The van der Waals surface area contributed by atoms with Crippen molar-refractivity contribution in [3.63, 3.8) is 0 Å². The van der Waals surface area contributed by atoms with Crippen molar-refractivity contribution in [3.8, 4) is 0 Å². The number of hydrogen-bond donors (Lipinski definition) is 2. The Hall–Kier alpha value is -0.610. The van der Waals surface area contributed by atoms with E-state index in [1.165, 1.54) is 4.90 Å². The monoisotopic (exact) mass is 196 g/mol. The number of thiol groups is 1. The number of aromatic amines is 1. The number of nitrogens with one attached hydrogen (secondary N) is 1. The van der Waals surface area contributed by atoms with Crippen LogP contribution in [0.3, 0.4) is 0 Å². The number of hydrogen-bond acceptors (Lipinski definition) is 3.